The van der Waals surface area contributed by atoms with Crippen LogP contribution in [0.1, 0.15) is 55.7 Å². The molecule has 0 heterocycles. The molecule has 1 fully saturated rings. The Morgan fingerprint density at radius 2 is 1.95 bits per heavy atom. The number of fused-ring (bicyclic) bond motifs is 1. The lowest BCUT2D eigenvalue weighted by Crippen LogP contribution is -2.39. The average Bonchev–Trinajstić information content (AvgIpc) is 2.47. The summed E-state index contributed by atoms with van der Waals surface area (Å²) in [4.78, 5) is 11.2. The van der Waals surface area contributed by atoms with Gasteiger partial charge in [0.2, 0.25) is 5.91 Å². The van der Waals surface area contributed by atoms with Gasteiger partial charge in [-0.05, 0) is 68.2 Å². The van der Waals surface area contributed by atoms with Gasteiger partial charge in [0, 0.05) is 18.0 Å². The number of amides is 1. The minimum absolute atomic E-state index is 0.0682. The number of nitrogens with two attached hydrogens (primary N) is 1. The fraction of sp³-hybridized carbons (Fsp3) is 0.588. The van der Waals surface area contributed by atoms with E-state index in [1.54, 1.807) is 6.07 Å². The highest BCUT2D eigenvalue weighted by Gasteiger charge is 2.28. The van der Waals surface area contributed by atoms with E-state index in [1.165, 1.54) is 11.1 Å². The Labute approximate surface area is 125 Å². The minimum Gasteiger partial charge on any atom is -0.508 e. The molecule has 0 radical (unpaired) electrons. The third-order valence-corrected chi connectivity index (χ3v) is 5.01. The van der Waals surface area contributed by atoms with Crippen LogP contribution < -0.4 is 11.1 Å². The van der Waals surface area contributed by atoms with Gasteiger partial charge in [-0.15, -0.1) is 0 Å². The molecule has 1 saturated carbocycles. The van der Waals surface area contributed by atoms with Crippen LogP contribution in [-0.2, 0) is 11.2 Å². The van der Waals surface area contributed by atoms with Crippen molar-refractivity contribution >= 4 is 5.91 Å². The molecule has 4 heteroatoms. The second-order valence-electron chi connectivity index (χ2n) is 6.45. The largest absolute Gasteiger partial charge is 0.508 e. The second-order valence-corrected chi connectivity index (χ2v) is 6.45. The molecular weight excluding hydrogens is 264 g/mol. The van der Waals surface area contributed by atoms with Gasteiger partial charge in [0.15, 0.2) is 0 Å². The molecule has 4 N–H and O–H groups in total. The molecule has 0 saturated heterocycles. The lowest BCUT2D eigenvalue weighted by atomic mass is 9.83. The Balaban J connectivity index is 1.64. The number of aromatic hydroxyl groups is 1. The molecule has 1 aromatic carbocycles. The molecule has 1 unspecified atom stereocenters. The van der Waals surface area contributed by atoms with Crippen LogP contribution in [0.15, 0.2) is 18.2 Å². The fourth-order valence-corrected chi connectivity index (χ4v) is 3.80. The Kier molecular flexibility index (Phi) is 4.15. The maximum Gasteiger partial charge on any atom is 0.220 e. The number of primary amides is 1. The van der Waals surface area contributed by atoms with Crippen LogP contribution in [0.4, 0.5) is 0 Å². The number of phenolic OH excluding ortho intramolecular Hbond substituents is 1. The predicted molar refractivity (Wildman–Crippen MR) is 81.9 cm³/mol. The van der Waals surface area contributed by atoms with Crippen LogP contribution >= 0.6 is 0 Å². The molecule has 0 aliphatic heterocycles. The van der Waals surface area contributed by atoms with Gasteiger partial charge in [0.05, 0.1) is 0 Å². The SMILES string of the molecule is NC(=O)C1CCC(NC2CCCc3cc(O)ccc32)CC1. The topological polar surface area (TPSA) is 75.4 Å². The van der Waals surface area contributed by atoms with Gasteiger partial charge >= 0.3 is 0 Å². The highest BCUT2D eigenvalue weighted by atomic mass is 16.3. The van der Waals surface area contributed by atoms with Crippen molar-refractivity contribution in [1.82, 2.24) is 5.32 Å². The van der Waals surface area contributed by atoms with E-state index >= 15 is 0 Å². The zero-order valence-electron chi connectivity index (χ0n) is 12.3. The van der Waals surface area contributed by atoms with Gasteiger partial charge in [0.1, 0.15) is 5.75 Å². The third-order valence-electron chi connectivity index (χ3n) is 5.01. The maximum absolute atomic E-state index is 11.2. The van der Waals surface area contributed by atoms with Crippen molar-refractivity contribution in [3.05, 3.63) is 29.3 Å². The molecule has 0 bridgehead atoms. The quantitative estimate of drug-likeness (QED) is 0.799. The molecule has 2 aliphatic carbocycles. The molecule has 0 aromatic heterocycles. The number of hydrogen-bond donors (Lipinski definition) is 3. The summed E-state index contributed by atoms with van der Waals surface area (Å²) in [7, 11) is 0. The first kappa shape index (κ1) is 14.4. The first-order valence-corrected chi connectivity index (χ1v) is 8.00. The van der Waals surface area contributed by atoms with Gasteiger partial charge in [-0.3, -0.25) is 4.79 Å². The van der Waals surface area contributed by atoms with E-state index in [0.717, 1.165) is 44.9 Å². The Hall–Kier alpha value is -1.55. The second kappa shape index (κ2) is 6.06. The lowest BCUT2D eigenvalue weighted by Gasteiger charge is -2.34. The highest BCUT2D eigenvalue weighted by molar-refractivity contribution is 5.76. The Morgan fingerprint density at radius 3 is 2.67 bits per heavy atom. The van der Waals surface area contributed by atoms with Crippen LogP contribution in [-0.4, -0.2) is 17.1 Å². The molecule has 2 aliphatic rings. The van der Waals surface area contributed by atoms with Crippen molar-refractivity contribution in [2.75, 3.05) is 0 Å². The van der Waals surface area contributed by atoms with Crippen molar-refractivity contribution in [3.63, 3.8) is 0 Å². The molecule has 0 spiro atoms. The number of benzene rings is 1. The molecule has 114 valence electrons. The van der Waals surface area contributed by atoms with E-state index in [4.69, 9.17) is 5.73 Å². The molecule has 1 aromatic rings. The summed E-state index contributed by atoms with van der Waals surface area (Å²) in [6, 6.07) is 6.59. The first-order chi connectivity index (χ1) is 10.1. The van der Waals surface area contributed by atoms with Gasteiger partial charge in [0.25, 0.3) is 0 Å². The summed E-state index contributed by atoms with van der Waals surface area (Å²) in [6.07, 6.45) is 7.22. The Bertz CT molecular complexity index is 522. The summed E-state index contributed by atoms with van der Waals surface area (Å²) in [5, 5.41) is 13.4. The fourth-order valence-electron chi connectivity index (χ4n) is 3.80. The number of nitrogens with one attached hydrogen (secondary N) is 1. The zero-order chi connectivity index (χ0) is 14.8. The zero-order valence-corrected chi connectivity index (χ0v) is 12.3. The summed E-state index contributed by atoms with van der Waals surface area (Å²) >= 11 is 0. The van der Waals surface area contributed by atoms with E-state index in [0.29, 0.717) is 17.8 Å². The third kappa shape index (κ3) is 3.21. The van der Waals surface area contributed by atoms with Crippen molar-refractivity contribution in [3.8, 4) is 5.75 Å². The number of phenols is 1. The summed E-state index contributed by atoms with van der Waals surface area (Å²) < 4.78 is 0. The Morgan fingerprint density at radius 1 is 1.19 bits per heavy atom. The number of rotatable bonds is 3. The van der Waals surface area contributed by atoms with Gasteiger partial charge in [-0.1, -0.05) is 6.07 Å². The van der Waals surface area contributed by atoms with E-state index in [1.807, 2.05) is 6.07 Å². The standard InChI is InChI=1S/C17H24N2O2/c18-17(21)11-4-6-13(7-5-11)19-16-3-1-2-12-10-14(20)8-9-15(12)16/h8-11,13,16,19-20H,1-7H2,(H2,18,21). The van der Waals surface area contributed by atoms with Crippen molar-refractivity contribution < 1.29 is 9.90 Å². The number of carbonyl (C=O) groups excluding carboxylic acids is 1. The normalized spacial score (nSPS) is 28.9. The first-order valence-electron chi connectivity index (χ1n) is 8.00. The molecule has 3 rings (SSSR count). The highest BCUT2D eigenvalue weighted by Crippen LogP contribution is 2.34. The lowest BCUT2D eigenvalue weighted by molar-refractivity contribution is -0.122. The van der Waals surface area contributed by atoms with Crippen molar-refractivity contribution in [2.45, 2.75) is 57.0 Å². The van der Waals surface area contributed by atoms with Crippen LogP contribution in [0.2, 0.25) is 0 Å². The van der Waals surface area contributed by atoms with Crippen LogP contribution in [0.5, 0.6) is 5.75 Å². The van der Waals surface area contributed by atoms with Gasteiger partial charge in [-0.2, -0.15) is 0 Å². The van der Waals surface area contributed by atoms with E-state index in [2.05, 4.69) is 11.4 Å². The summed E-state index contributed by atoms with van der Waals surface area (Å²) in [6.45, 7) is 0. The predicted octanol–water partition coefficient (Wildman–Crippen LogP) is 2.40. The van der Waals surface area contributed by atoms with Crippen LogP contribution in [0, 0.1) is 5.92 Å². The maximum atomic E-state index is 11.2. The summed E-state index contributed by atoms with van der Waals surface area (Å²) in [5.41, 5.74) is 7.99. The monoisotopic (exact) mass is 288 g/mol. The molecule has 21 heavy (non-hydrogen) atoms. The van der Waals surface area contributed by atoms with Gasteiger partial charge in [-0.25, -0.2) is 0 Å². The van der Waals surface area contributed by atoms with Crippen molar-refractivity contribution in [2.24, 2.45) is 11.7 Å². The number of carbonyl (C=O) groups is 1. The average molecular weight is 288 g/mol. The molecular formula is C17H24N2O2. The molecule has 1 amide bonds. The van der Waals surface area contributed by atoms with E-state index in [-0.39, 0.29) is 11.8 Å². The van der Waals surface area contributed by atoms with Crippen LogP contribution in [0.25, 0.3) is 0 Å². The summed E-state index contributed by atoms with van der Waals surface area (Å²) in [5.74, 6) is 0.280. The van der Waals surface area contributed by atoms with E-state index in [9.17, 15) is 9.90 Å². The minimum atomic E-state index is -0.146. The molecule has 4 nitrogen and oxygen atoms in total. The van der Waals surface area contributed by atoms with Crippen LogP contribution in [0.3, 0.4) is 0 Å². The van der Waals surface area contributed by atoms with Crippen molar-refractivity contribution in [1.29, 1.82) is 0 Å². The number of aryl methyl sites for hydroxylation is 1. The smallest absolute Gasteiger partial charge is 0.220 e. The number of hydrogen-bond acceptors (Lipinski definition) is 3. The van der Waals surface area contributed by atoms with E-state index < -0.39 is 0 Å². The van der Waals surface area contributed by atoms with Gasteiger partial charge < -0.3 is 16.2 Å². The molecule has 1 atom stereocenters.